The molecule has 2 aromatic rings. The van der Waals surface area contributed by atoms with Gasteiger partial charge in [0.05, 0.1) is 12.4 Å². The van der Waals surface area contributed by atoms with Crippen LogP contribution >= 0.6 is 15.9 Å². The molecule has 0 saturated carbocycles. The van der Waals surface area contributed by atoms with Gasteiger partial charge in [-0.15, -0.1) is 0 Å². The first-order valence-corrected chi connectivity index (χ1v) is 7.00. The molecule has 1 atom stereocenters. The average Bonchev–Trinajstić information content (AvgIpc) is 2.74. The highest BCUT2D eigenvalue weighted by Gasteiger charge is 2.10. The van der Waals surface area contributed by atoms with Crippen LogP contribution in [-0.2, 0) is 6.54 Å². The molecular weight excluding hydrogens is 306 g/mol. The predicted molar refractivity (Wildman–Crippen MR) is 80.3 cm³/mol. The van der Waals surface area contributed by atoms with E-state index in [1.165, 1.54) is 5.56 Å². The molecule has 0 spiro atoms. The van der Waals surface area contributed by atoms with Gasteiger partial charge in [-0.2, -0.15) is 0 Å². The largest absolute Gasteiger partial charge is 0.469 e. The van der Waals surface area contributed by atoms with E-state index >= 15 is 0 Å². The molecule has 19 heavy (non-hydrogen) atoms. The SMILES string of the molecule is Cc1occc1CN(C)c1ccc([C@H](C)O)c(Br)c1. The van der Waals surface area contributed by atoms with Crippen molar-refractivity contribution in [3.63, 3.8) is 0 Å². The number of anilines is 1. The molecule has 0 saturated heterocycles. The Bertz CT molecular complexity index is 563. The van der Waals surface area contributed by atoms with Gasteiger partial charge in [0.15, 0.2) is 0 Å². The van der Waals surface area contributed by atoms with E-state index < -0.39 is 6.10 Å². The van der Waals surface area contributed by atoms with Crippen molar-refractivity contribution < 1.29 is 9.52 Å². The van der Waals surface area contributed by atoms with Crippen LogP contribution in [0.2, 0.25) is 0 Å². The fourth-order valence-electron chi connectivity index (χ4n) is 2.01. The van der Waals surface area contributed by atoms with Gasteiger partial charge in [0, 0.05) is 29.3 Å². The van der Waals surface area contributed by atoms with Crippen molar-refractivity contribution >= 4 is 21.6 Å². The fraction of sp³-hybridized carbons (Fsp3) is 0.333. The van der Waals surface area contributed by atoms with Gasteiger partial charge >= 0.3 is 0 Å². The summed E-state index contributed by atoms with van der Waals surface area (Å²) in [4.78, 5) is 2.15. The van der Waals surface area contributed by atoms with Gasteiger partial charge in [0.1, 0.15) is 5.76 Å². The molecular formula is C15H18BrNO2. The molecule has 0 amide bonds. The number of aliphatic hydroxyl groups excluding tert-OH is 1. The highest BCUT2D eigenvalue weighted by atomic mass is 79.9. The van der Waals surface area contributed by atoms with Crippen molar-refractivity contribution in [2.75, 3.05) is 11.9 Å². The van der Waals surface area contributed by atoms with Gasteiger partial charge in [0.2, 0.25) is 0 Å². The summed E-state index contributed by atoms with van der Waals surface area (Å²) in [7, 11) is 2.04. The Morgan fingerprint density at radius 3 is 2.63 bits per heavy atom. The number of halogens is 1. The van der Waals surface area contributed by atoms with E-state index in [9.17, 15) is 5.11 Å². The Labute approximate surface area is 122 Å². The van der Waals surface area contributed by atoms with Crippen LogP contribution in [0.5, 0.6) is 0 Å². The third kappa shape index (κ3) is 3.19. The van der Waals surface area contributed by atoms with Crippen LogP contribution in [-0.4, -0.2) is 12.2 Å². The molecule has 0 unspecified atom stereocenters. The van der Waals surface area contributed by atoms with Crippen LogP contribution in [0.3, 0.4) is 0 Å². The Morgan fingerprint density at radius 2 is 2.11 bits per heavy atom. The molecule has 2 rings (SSSR count). The van der Waals surface area contributed by atoms with E-state index in [2.05, 4.69) is 20.8 Å². The van der Waals surface area contributed by atoms with Gasteiger partial charge in [-0.05, 0) is 37.6 Å². The lowest BCUT2D eigenvalue weighted by Crippen LogP contribution is -2.16. The predicted octanol–water partition coefficient (Wildman–Crippen LogP) is 4.04. The molecule has 3 nitrogen and oxygen atoms in total. The highest BCUT2D eigenvalue weighted by molar-refractivity contribution is 9.10. The molecule has 1 N–H and O–H groups in total. The molecule has 0 fully saturated rings. The first kappa shape index (κ1) is 14.2. The molecule has 1 heterocycles. The number of benzene rings is 1. The summed E-state index contributed by atoms with van der Waals surface area (Å²) in [5, 5.41) is 9.62. The maximum absolute atomic E-state index is 9.62. The maximum Gasteiger partial charge on any atom is 0.105 e. The first-order chi connectivity index (χ1) is 8.99. The van der Waals surface area contributed by atoms with Crippen LogP contribution in [0.25, 0.3) is 0 Å². The van der Waals surface area contributed by atoms with E-state index in [-0.39, 0.29) is 0 Å². The summed E-state index contributed by atoms with van der Waals surface area (Å²) in [5.41, 5.74) is 3.17. The second-order valence-electron chi connectivity index (χ2n) is 4.74. The van der Waals surface area contributed by atoms with Gasteiger partial charge in [-0.3, -0.25) is 0 Å². The summed E-state index contributed by atoms with van der Waals surface area (Å²) in [6, 6.07) is 7.98. The van der Waals surface area contributed by atoms with E-state index in [1.807, 2.05) is 38.2 Å². The molecule has 0 aliphatic rings. The lowest BCUT2D eigenvalue weighted by atomic mass is 10.1. The van der Waals surface area contributed by atoms with E-state index in [4.69, 9.17) is 4.42 Å². The van der Waals surface area contributed by atoms with Crippen molar-refractivity contribution in [3.05, 3.63) is 51.9 Å². The minimum atomic E-state index is -0.468. The van der Waals surface area contributed by atoms with Gasteiger partial charge in [0.25, 0.3) is 0 Å². The lowest BCUT2D eigenvalue weighted by Gasteiger charge is -2.20. The van der Waals surface area contributed by atoms with Crippen LogP contribution in [0.4, 0.5) is 5.69 Å². The van der Waals surface area contributed by atoms with Gasteiger partial charge < -0.3 is 14.4 Å². The topological polar surface area (TPSA) is 36.6 Å². The summed E-state index contributed by atoms with van der Waals surface area (Å²) in [6.07, 6.45) is 1.25. The number of rotatable bonds is 4. The fourth-order valence-corrected chi connectivity index (χ4v) is 2.71. The Kier molecular flexibility index (Phi) is 4.32. The van der Waals surface area contributed by atoms with Crippen molar-refractivity contribution in [2.24, 2.45) is 0 Å². The van der Waals surface area contributed by atoms with Gasteiger partial charge in [-0.1, -0.05) is 22.0 Å². The van der Waals surface area contributed by atoms with Gasteiger partial charge in [-0.25, -0.2) is 0 Å². The summed E-state index contributed by atoms with van der Waals surface area (Å²) in [6.45, 7) is 4.52. The van der Waals surface area contributed by atoms with Crippen molar-refractivity contribution in [1.29, 1.82) is 0 Å². The lowest BCUT2D eigenvalue weighted by molar-refractivity contribution is 0.198. The Morgan fingerprint density at radius 1 is 1.37 bits per heavy atom. The first-order valence-electron chi connectivity index (χ1n) is 6.20. The average molecular weight is 324 g/mol. The molecule has 0 bridgehead atoms. The molecule has 1 aromatic heterocycles. The van der Waals surface area contributed by atoms with Crippen LogP contribution in [0.15, 0.2) is 39.4 Å². The zero-order chi connectivity index (χ0) is 14.0. The zero-order valence-corrected chi connectivity index (χ0v) is 12.9. The van der Waals surface area contributed by atoms with Crippen molar-refractivity contribution in [3.8, 4) is 0 Å². The summed E-state index contributed by atoms with van der Waals surface area (Å²) < 4.78 is 6.23. The minimum absolute atomic E-state index is 0.468. The highest BCUT2D eigenvalue weighted by Crippen LogP contribution is 2.28. The molecule has 102 valence electrons. The standard InChI is InChI=1S/C15H18BrNO2/c1-10(18)14-5-4-13(8-15(14)16)17(3)9-12-6-7-19-11(12)2/h4-8,10,18H,9H2,1-3H3/t10-/m0/s1. The quantitative estimate of drug-likeness (QED) is 0.922. The zero-order valence-electron chi connectivity index (χ0n) is 11.4. The second-order valence-corrected chi connectivity index (χ2v) is 5.59. The van der Waals surface area contributed by atoms with Crippen molar-refractivity contribution in [1.82, 2.24) is 0 Å². The smallest absolute Gasteiger partial charge is 0.105 e. The number of aryl methyl sites for hydroxylation is 1. The van der Waals surface area contributed by atoms with E-state index in [1.54, 1.807) is 13.2 Å². The summed E-state index contributed by atoms with van der Waals surface area (Å²) in [5.74, 6) is 0.950. The van der Waals surface area contributed by atoms with Crippen molar-refractivity contribution in [2.45, 2.75) is 26.5 Å². The Balaban J connectivity index is 2.18. The molecule has 0 aliphatic carbocycles. The number of hydrogen-bond donors (Lipinski definition) is 1. The molecule has 0 aliphatic heterocycles. The molecule has 0 radical (unpaired) electrons. The van der Waals surface area contributed by atoms with E-state index in [0.29, 0.717) is 0 Å². The van der Waals surface area contributed by atoms with E-state index in [0.717, 1.165) is 28.0 Å². The maximum atomic E-state index is 9.62. The third-order valence-electron chi connectivity index (χ3n) is 3.25. The number of aliphatic hydroxyl groups is 1. The normalized spacial score (nSPS) is 12.5. The van der Waals surface area contributed by atoms with Crippen LogP contribution < -0.4 is 4.90 Å². The van der Waals surface area contributed by atoms with Crippen LogP contribution in [0, 0.1) is 6.92 Å². The molecule has 1 aromatic carbocycles. The number of nitrogens with zero attached hydrogens (tertiary/aromatic N) is 1. The summed E-state index contributed by atoms with van der Waals surface area (Å²) >= 11 is 3.50. The molecule has 4 heteroatoms. The minimum Gasteiger partial charge on any atom is -0.469 e. The number of hydrogen-bond acceptors (Lipinski definition) is 3. The second kappa shape index (κ2) is 5.80. The monoisotopic (exact) mass is 323 g/mol. The Hall–Kier alpha value is -1.26. The number of furan rings is 1. The van der Waals surface area contributed by atoms with Crippen LogP contribution in [0.1, 0.15) is 29.9 Å². The third-order valence-corrected chi connectivity index (χ3v) is 3.94.